The van der Waals surface area contributed by atoms with E-state index in [9.17, 15) is 4.79 Å². The zero-order valence-corrected chi connectivity index (χ0v) is 15.2. The highest BCUT2D eigenvalue weighted by Gasteiger charge is 2.28. The quantitative estimate of drug-likeness (QED) is 0.878. The van der Waals surface area contributed by atoms with Crippen LogP contribution in [0.15, 0.2) is 30.3 Å². The topological polar surface area (TPSA) is 69.3 Å². The van der Waals surface area contributed by atoms with Gasteiger partial charge in [0.1, 0.15) is 5.75 Å². The fourth-order valence-corrected chi connectivity index (χ4v) is 3.88. The van der Waals surface area contributed by atoms with Crippen LogP contribution in [0.5, 0.6) is 5.75 Å². The molecule has 25 heavy (non-hydrogen) atoms. The molecule has 3 rings (SSSR count). The molecule has 0 aliphatic heterocycles. The van der Waals surface area contributed by atoms with Gasteiger partial charge in [-0.1, -0.05) is 6.42 Å². The average Bonchev–Trinajstić information content (AvgIpc) is 3.18. The summed E-state index contributed by atoms with van der Waals surface area (Å²) in [6.45, 7) is 4.64. The Morgan fingerprint density at radius 1 is 1.28 bits per heavy atom. The molecule has 1 aromatic heterocycles. The second-order valence-corrected chi connectivity index (χ2v) is 6.82. The summed E-state index contributed by atoms with van der Waals surface area (Å²) in [6, 6.07) is 10.0. The van der Waals surface area contributed by atoms with E-state index in [1.54, 1.807) is 7.11 Å². The van der Waals surface area contributed by atoms with Gasteiger partial charge >= 0.3 is 0 Å². The van der Waals surface area contributed by atoms with E-state index >= 15 is 0 Å². The minimum atomic E-state index is -0.00166. The van der Waals surface area contributed by atoms with E-state index in [0.29, 0.717) is 12.5 Å². The summed E-state index contributed by atoms with van der Waals surface area (Å²) in [4.78, 5) is 12.8. The summed E-state index contributed by atoms with van der Waals surface area (Å²) < 4.78 is 7.32. The number of rotatable bonds is 5. The number of hydrogen-bond acceptors (Lipinski definition) is 3. The lowest BCUT2D eigenvalue weighted by molar-refractivity contribution is 0.0928. The monoisotopic (exact) mass is 341 g/mol. The molecule has 2 atom stereocenters. The summed E-state index contributed by atoms with van der Waals surface area (Å²) in [5.41, 5.74) is 9.57. The van der Waals surface area contributed by atoms with E-state index in [4.69, 9.17) is 10.5 Å². The van der Waals surface area contributed by atoms with Gasteiger partial charge in [0.05, 0.1) is 12.7 Å². The molecule has 3 N–H and O–H groups in total. The third-order valence-electron chi connectivity index (χ3n) is 5.28. The first-order valence-electron chi connectivity index (χ1n) is 8.89. The number of nitrogens with one attached hydrogen (secondary N) is 1. The van der Waals surface area contributed by atoms with Gasteiger partial charge in [-0.25, -0.2) is 0 Å². The zero-order valence-electron chi connectivity index (χ0n) is 15.2. The molecule has 1 fully saturated rings. The van der Waals surface area contributed by atoms with E-state index in [1.165, 1.54) is 0 Å². The van der Waals surface area contributed by atoms with Crippen molar-refractivity contribution in [2.24, 2.45) is 11.7 Å². The summed E-state index contributed by atoms with van der Waals surface area (Å²) in [5.74, 6) is 1.21. The number of benzene rings is 1. The van der Waals surface area contributed by atoms with Crippen molar-refractivity contribution in [3.8, 4) is 11.4 Å². The number of methoxy groups -OCH3 is 1. The van der Waals surface area contributed by atoms with Gasteiger partial charge in [0.2, 0.25) is 0 Å². The van der Waals surface area contributed by atoms with Crippen LogP contribution in [0.1, 0.15) is 41.0 Å². The Kier molecular flexibility index (Phi) is 5.13. The Hall–Kier alpha value is -2.27. The molecular weight excluding hydrogens is 314 g/mol. The first kappa shape index (κ1) is 17.5. The number of carbonyl (C=O) groups is 1. The highest BCUT2D eigenvalue weighted by molar-refractivity contribution is 5.96. The van der Waals surface area contributed by atoms with Gasteiger partial charge in [-0.2, -0.15) is 0 Å². The molecule has 0 spiro atoms. The minimum Gasteiger partial charge on any atom is -0.497 e. The number of ether oxygens (including phenoxy) is 1. The predicted molar refractivity (Wildman–Crippen MR) is 99.4 cm³/mol. The Morgan fingerprint density at radius 3 is 2.64 bits per heavy atom. The van der Waals surface area contributed by atoms with E-state index < -0.39 is 0 Å². The Balaban J connectivity index is 1.84. The Labute approximate surface area is 149 Å². The third kappa shape index (κ3) is 3.42. The van der Waals surface area contributed by atoms with Gasteiger partial charge < -0.3 is 20.4 Å². The van der Waals surface area contributed by atoms with Crippen molar-refractivity contribution in [2.45, 2.75) is 39.2 Å². The van der Waals surface area contributed by atoms with E-state index in [-0.39, 0.29) is 11.9 Å². The fourth-order valence-electron chi connectivity index (χ4n) is 3.88. The van der Waals surface area contributed by atoms with Gasteiger partial charge in [0, 0.05) is 23.1 Å². The summed E-state index contributed by atoms with van der Waals surface area (Å²) in [7, 11) is 1.65. The molecule has 5 nitrogen and oxygen atoms in total. The lowest BCUT2D eigenvalue weighted by Gasteiger charge is -2.19. The van der Waals surface area contributed by atoms with E-state index in [1.807, 2.05) is 44.2 Å². The summed E-state index contributed by atoms with van der Waals surface area (Å²) >= 11 is 0. The first-order valence-corrected chi connectivity index (χ1v) is 8.89. The average molecular weight is 341 g/mol. The van der Waals surface area contributed by atoms with Crippen LogP contribution in [-0.2, 0) is 0 Å². The SMILES string of the molecule is COc1ccc(-n2c(C)cc(C(=O)NC3CCCC3CN)c2C)cc1. The molecule has 1 aliphatic rings. The van der Waals surface area contributed by atoms with Gasteiger partial charge in [0.15, 0.2) is 0 Å². The van der Waals surface area contributed by atoms with Crippen LogP contribution in [0.25, 0.3) is 5.69 Å². The number of aromatic nitrogens is 1. The van der Waals surface area contributed by atoms with E-state index in [2.05, 4.69) is 9.88 Å². The minimum absolute atomic E-state index is 0.00166. The molecule has 134 valence electrons. The van der Waals surface area contributed by atoms with Crippen molar-refractivity contribution in [1.82, 2.24) is 9.88 Å². The molecular formula is C20H27N3O2. The van der Waals surface area contributed by atoms with Gasteiger partial charge in [-0.3, -0.25) is 4.79 Å². The molecule has 1 amide bonds. The summed E-state index contributed by atoms with van der Waals surface area (Å²) in [6.07, 6.45) is 3.26. The maximum absolute atomic E-state index is 12.8. The van der Waals surface area contributed by atoms with Gasteiger partial charge in [-0.15, -0.1) is 0 Å². The molecule has 0 radical (unpaired) electrons. The zero-order chi connectivity index (χ0) is 18.0. The molecule has 1 aromatic carbocycles. The number of hydrogen-bond donors (Lipinski definition) is 2. The first-order chi connectivity index (χ1) is 12.0. The van der Waals surface area contributed by atoms with Crippen LogP contribution in [0.4, 0.5) is 0 Å². The Bertz CT molecular complexity index is 749. The number of nitrogens with two attached hydrogens (primary N) is 1. The van der Waals surface area contributed by atoms with E-state index in [0.717, 1.165) is 47.7 Å². The third-order valence-corrected chi connectivity index (χ3v) is 5.28. The van der Waals surface area contributed by atoms with Gasteiger partial charge in [0.25, 0.3) is 5.91 Å². The number of carbonyl (C=O) groups excluding carboxylic acids is 1. The largest absolute Gasteiger partial charge is 0.497 e. The lowest BCUT2D eigenvalue weighted by Crippen LogP contribution is -2.40. The molecule has 0 saturated heterocycles. The second-order valence-electron chi connectivity index (χ2n) is 6.82. The van der Waals surface area contributed by atoms with Crippen molar-refractivity contribution in [3.63, 3.8) is 0 Å². The van der Waals surface area contributed by atoms with Crippen molar-refractivity contribution in [3.05, 3.63) is 47.3 Å². The van der Waals surface area contributed by atoms with Crippen molar-refractivity contribution < 1.29 is 9.53 Å². The standard InChI is InChI=1S/C20H27N3O2/c1-13-11-18(20(24)22-19-6-4-5-15(19)12-21)14(2)23(13)16-7-9-17(25-3)10-8-16/h7-11,15,19H,4-6,12,21H2,1-3H3,(H,22,24). The number of aryl methyl sites for hydroxylation is 1. The van der Waals surface area contributed by atoms with Crippen LogP contribution < -0.4 is 15.8 Å². The van der Waals surface area contributed by atoms with Crippen molar-refractivity contribution >= 4 is 5.91 Å². The molecule has 1 heterocycles. The van der Waals surface area contributed by atoms with Crippen LogP contribution in [0.2, 0.25) is 0 Å². The van der Waals surface area contributed by atoms with Crippen LogP contribution >= 0.6 is 0 Å². The highest BCUT2D eigenvalue weighted by Crippen LogP contribution is 2.26. The normalized spacial score (nSPS) is 19.8. The molecule has 2 unspecified atom stereocenters. The van der Waals surface area contributed by atoms with Crippen LogP contribution in [0, 0.1) is 19.8 Å². The maximum Gasteiger partial charge on any atom is 0.253 e. The Morgan fingerprint density at radius 2 is 2.00 bits per heavy atom. The molecule has 1 saturated carbocycles. The number of amides is 1. The smallest absolute Gasteiger partial charge is 0.253 e. The molecule has 0 bridgehead atoms. The second kappa shape index (κ2) is 7.31. The fraction of sp³-hybridized carbons (Fsp3) is 0.450. The molecule has 1 aliphatic carbocycles. The van der Waals surface area contributed by atoms with Crippen LogP contribution in [0.3, 0.4) is 0 Å². The van der Waals surface area contributed by atoms with Crippen molar-refractivity contribution in [2.75, 3.05) is 13.7 Å². The van der Waals surface area contributed by atoms with Gasteiger partial charge in [-0.05, 0) is 69.5 Å². The van der Waals surface area contributed by atoms with Crippen molar-refractivity contribution in [1.29, 1.82) is 0 Å². The number of nitrogens with zero attached hydrogens (tertiary/aromatic N) is 1. The highest BCUT2D eigenvalue weighted by atomic mass is 16.5. The maximum atomic E-state index is 12.8. The lowest BCUT2D eigenvalue weighted by atomic mass is 10.0. The predicted octanol–water partition coefficient (Wildman–Crippen LogP) is 2.96. The molecule has 5 heteroatoms. The molecule has 2 aromatic rings. The van der Waals surface area contributed by atoms with Crippen LogP contribution in [-0.4, -0.2) is 30.2 Å². The summed E-state index contributed by atoms with van der Waals surface area (Å²) in [5, 5.41) is 3.19.